The molecule has 0 rings (SSSR count). The minimum absolute atomic E-state index is 0.533. The number of hydrogen-bond donors (Lipinski definition) is 0. The molecule has 2 heteroatoms. The van der Waals surface area contributed by atoms with Crippen LogP contribution < -0.4 is 0 Å². The highest BCUT2D eigenvalue weighted by atomic mass is 14.7. The normalized spacial score (nSPS) is 13.2. The Morgan fingerprint density at radius 2 is 2.25 bits per heavy atom. The van der Waals surface area contributed by atoms with Crippen LogP contribution in [0.4, 0.5) is 0 Å². The molecule has 0 aromatic heterocycles. The van der Waals surface area contributed by atoms with Gasteiger partial charge in [-0.05, 0) is 25.6 Å². The predicted octanol–water partition coefficient (Wildman–Crippen LogP) is 2.90. The molecule has 0 saturated heterocycles. The van der Waals surface area contributed by atoms with Crippen molar-refractivity contribution in [1.82, 2.24) is 0 Å². The lowest BCUT2D eigenvalue weighted by atomic mass is 9.94. The van der Waals surface area contributed by atoms with E-state index >= 15 is 0 Å². The van der Waals surface area contributed by atoms with E-state index in [1.807, 2.05) is 13.0 Å². The van der Waals surface area contributed by atoms with E-state index in [2.05, 4.69) is 24.7 Å². The summed E-state index contributed by atoms with van der Waals surface area (Å²) in [7, 11) is 5.53. The molecule has 0 spiro atoms. The van der Waals surface area contributed by atoms with Gasteiger partial charge in [-0.15, -0.1) is 0 Å². The molecule has 0 bridgehead atoms. The highest BCUT2D eigenvalue weighted by Gasteiger charge is 1.97. The molecule has 12 heavy (non-hydrogen) atoms. The summed E-state index contributed by atoms with van der Waals surface area (Å²) in [4.78, 5) is 3.93. The Morgan fingerprint density at radius 1 is 1.58 bits per heavy atom. The molecule has 0 aromatic rings. The Labute approximate surface area is 76.7 Å². The van der Waals surface area contributed by atoms with Crippen LogP contribution in [0, 0.1) is 0 Å². The molecule has 0 aliphatic heterocycles. The molecule has 1 nitrogen and oxygen atoms in total. The maximum atomic E-state index is 5.53. The molecule has 0 saturated carbocycles. The second-order valence-electron chi connectivity index (χ2n) is 2.55. The first-order valence-corrected chi connectivity index (χ1v) is 4.32. The molecular formula is C10H16BN. The lowest BCUT2D eigenvalue weighted by Crippen LogP contribution is -1.86. The summed E-state index contributed by atoms with van der Waals surface area (Å²) in [6.07, 6.45) is 6.75. The van der Waals surface area contributed by atoms with Crippen molar-refractivity contribution >= 4 is 14.6 Å². The van der Waals surface area contributed by atoms with E-state index in [0.29, 0.717) is 6.32 Å². The third-order valence-corrected chi connectivity index (χ3v) is 1.69. The number of rotatable bonds is 5. The van der Waals surface area contributed by atoms with Gasteiger partial charge < -0.3 is 0 Å². The van der Waals surface area contributed by atoms with Gasteiger partial charge in [-0.2, -0.15) is 0 Å². The zero-order valence-electron chi connectivity index (χ0n) is 8.01. The van der Waals surface area contributed by atoms with Crippen molar-refractivity contribution in [3.8, 4) is 0 Å². The molecule has 0 atom stereocenters. The first kappa shape index (κ1) is 11.2. The van der Waals surface area contributed by atoms with Crippen LogP contribution in [-0.2, 0) is 0 Å². The van der Waals surface area contributed by atoms with Crippen molar-refractivity contribution in [2.75, 3.05) is 0 Å². The zero-order chi connectivity index (χ0) is 9.40. The predicted molar refractivity (Wildman–Crippen MR) is 56.9 cm³/mol. The Bertz CT molecular complexity index is 192. The van der Waals surface area contributed by atoms with Gasteiger partial charge in [0.2, 0.25) is 0 Å². The molecule has 0 fully saturated rings. The van der Waals surface area contributed by atoms with Gasteiger partial charge in [0.15, 0.2) is 0 Å². The summed E-state index contributed by atoms with van der Waals surface area (Å²) < 4.78 is 0. The van der Waals surface area contributed by atoms with E-state index in [4.69, 9.17) is 7.85 Å². The van der Waals surface area contributed by atoms with E-state index < -0.39 is 0 Å². The molecular weight excluding hydrogens is 145 g/mol. The molecule has 2 radical (unpaired) electrons. The van der Waals surface area contributed by atoms with Crippen molar-refractivity contribution in [2.45, 2.75) is 33.0 Å². The fraction of sp³-hybridized carbons (Fsp3) is 0.500. The second-order valence-corrected chi connectivity index (χ2v) is 2.55. The molecule has 0 unspecified atom stereocenters. The highest BCUT2D eigenvalue weighted by Crippen LogP contribution is 2.15. The molecule has 0 amide bonds. The smallest absolute Gasteiger partial charge is 0.0717 e. The lowest BCUT2D eigenvalue weighted by Gasteiger charge is -2.03. The third kappa shape index (κ3) is 3.56. The van der Waals surface area contributed by atoms with E-state index in [0.717, 1.165) is 24.1 Å². The number of hydrogen-bond acceptors (Lipinski definition) is 1. The van der Waals surface area contributed by atoms with Gasteiger partial charge in [0.05, 0.1) is 13.5 Å². The van der Waals surface area contributed by atoms with Crippen LogP contribution in [0.3, 0.4) is 0 Å². The topological polar surface area (TPSA) is 12.4 Å². The number of allylic oxidation sites excluding steroid dienone is 3. The fourth-order valence-electron chi connectivity index (χ4n) is 0.949. The van der Waals surface area contributed by atoms with Crippen LogP contribution in [0.1, 0.15) is 26.7 Å². The number of nitrogens with zero attached hydrogens (tertiary/aromatic N) is 1. The van der Waals surface area contributed by atoms with Gasteiger partial charge >= 0.3 is 0 Å². The van der Waals surface area contributed by atoms with Gasteiger partial charge in [0.25, 0.3) is 0 Å². The minimum atomic E-state index is 0.533. The Balaban J connectivity index is 4.41. The van der Waals surface area contributed by atoms with Crippen molar-refractivity contribution in [2.24, 2.45) is 4.99 Å². The van der Waals surface area contributed by atoms with E-state index in [9.17, 15) is 0 Å². The van der Waals surface area contributed by atoms with Gasteiger partial charge in [0.1, 0.15) is 0 Å². The first-order valence-electron chi connectivity index (χ1n) is 4.32. The zero-order valence-corrected chi connectivity index (χ0v) is 8.01. The highest BCUT2D eigenvalue weighted by molar-refractivity contribution is 6.10. The average molecular weight is 161 g/mol. The van der Waals surface area contributed by atoms with Crippen molar-refractivity contribution in [3.63, 3.8) is 0 Å². The number of aliphatic imine (C=N–C) groups is 1. The van der Waals surface area contributed by atoms with Crippen LogP contribution in [0.2, 0.25) is 6.32 Å². The average Bonchev–Trinajstić information content (AvgIpc) is 2.12. The van der Waals surface area contributed by atoms with E-state index in [1.54, 1.807) is 0 Å². The van der Waals surface area contributed by atoms with E-state index in [-0.39, 0.29) is 0 Å². The summed E-state index contributed by atoms with van der Waals surface area (Å²) in [5.74, 6) is 0. The monoisotopic (exact) mass is 161 g/mol. The van der Waals surface area contributed by atoms with Gasteiger partial charge in [0, 0.05) is 0 Å². The van der Waals surface area contributed by atoms with Crippen LogP contribution in [-0.4, -0.2) is 14.6 Å². The Morgan fingerprint density at radius 3 is 2.58 bits per heavy atom. The SMILES string of the molecule is [B]CC(=C/C)/C(=C\CCC)N=C. The summed E-state index contributed by atoms with van der Waals surface area (Å²) in [5.41, 5.74) is 2.00. The van der Waals surface area contributed by atoms with Gasteiger partial charge in [-0.3, -0.25) is 4.99 Å². The van der Waals surface area contributed by atoms with Crippen LogP contribution in [0.15, 0.2) is 28.4 Å². The van der Waals surface area contributed by atoms with Crippen LogP contribution >= 0.6 is 0 Å². The lowest BCUT2D eigenvalue weighted by molar-refractivity contribution is 0.947. The quantitative estimate of drug-likeness (QED) is 0.334. The first-order chi connectivity index (χ1) is 5.79. The van der Waals surface area contributed by atoms with Crippen molar-refractivity contribution < 1.29 is 0 Å². The van der Waals surface area contributed by atoms with Crippen LogP contribution in [0.25, 0.3) is 0 Å². The summed E-state index contributed by atoms with van der Waals surface area (Å²) in [5, 5.41) is 0. The molecule has 0 heterocycles. The molecule has 0 aliphatic carbocycles. The maximum absolute atomic E-state index is 5.53. The summed E-state index contributed by atoms with van der Waals surface area (Å²) >= 11 is 0. The second kappa shape index (κ2) is 6.90. The van der Waals surface area contributed by atoms with E-state index in [1.165, 1.54) is 0 Å². The Hall–Kier alpha value is -0.785. The van der Waals surface area contributed by atoms with Crippen molar-refractivity contribution in [3.05, 3.63) is 23.4 Å². The third-order valence-electron chi connectivity index (χ3n) is 1.69. The summed E-state index contributed by atoms with van der Waals surface area (Å²) in [6.45, 7) is 7.62. The summed E-state index contributed by atoms with van der Waals surface area (Å²) in [6, 6.07) is 0. The molecule has 0 N–H and O–H groups in total. The van der Waals surface area contributed by atoms with Gasteiger partial charge in [-0.25, -0.2) is 0 Å². The molecule has 0 aromatic carbocycles. The molecule has 64 valence electrons. The van der Waals surface area contributed by atoms with Crippen LogP contribution in [0.5, 0.6) is 0 Å². The minimum Gasteiger partial charge on any atom is -0.265 e. The fourth-order valence-corrected chi connectivity index (χ4v) is 0.949. The van der Waals surface area contributed by atoms with Gasteiger partial charge in [-0.1, -0.05) is 31.8 Å². The van der Waals surface area contributed by atoms with Crippen molar-refractivity contribution in [1.29, 1.82) is 0 Å². The standard InChI is InChI=1S/C10H16BN/c1-4-6-7-10(12-3)9(5-2)8-11/h5,7H,3-4,6,8H2,1-2H3/b9-5-,10-7+. The largest absolute Gasteiger partial charge is 0.265 e. The molecule has 0 aliphatic rings. The number of unbranched alkanes of at least 4 members (excludes halogenated alkanes) is 1. The maximum Gasteiger partial charge on any atom is 0.0717 e. The Kier molecular flexibility index (Phi) is 6.45.